The number of anilines is 3. The van der Waals surface area contributed by atoms with E-state index in [-0.39, 0.29) is 17.5 Å². The van der Waals surface area contributed by atoms with Gasteiger partial charge < -0.3 is 20.3 Å². The summed E-state index contributed by atoms with van der Waals surface area (Å²) in [6, 6.07) is 7.93. The van der Waals surface area contributed by atoms with Gasteiger partial charge in [-0.1, -0.05) is 41.6 Å². The van der Waals surface area contributed by atoms with Crippen LogP contribution in [0.3, 0.4) is 0 Å². The normalized spacial score (nSPS) is 14.3. The molecule has 9 nitrogen and oxygen atoms in total. The first-order valence-electron chi connectivity index (χ1n) is 13.6. The number of nitrogens with zero attached hydrogens (tertiary/aromatic N) is 5. The molecule has 1 aliphatic rings. The Kier molecular flexibility index (Phi) is 10.3. The highest BCUT2D eigenvalue weighted by atomic mass is 35.5. The molecule has 0 aliphatic carbocycles. The molecule has 0 unspecified atom stereocenters. The Hall–Kier alpha value is -2.84. The second-order valence-electron chi connectivity index (χ2n) is 10.1. The molecule has 2 aromatic heterocycles. The van der Waals surface area contributed by atoms with Crippen LogP contribution >= 0.6 is 46.9 Å². The molecular formula is C28H31ClFN7O2S3. The minimum Gasteiger partial charge on any atom is -0.491 e. The van der Waals surface area contributed by atoms with E-state index in [1.54, 1.807) is 34.6 Å². The number of aromatic nitrogens is 4. The number of thioether (sulfide) groups is 1. The van der Waals surface area contributed by atoms with Gasteiger partial charge in [0, 0.05) is 22.9 Å². The van der Waals surface area contributed by atoms with E-state index in [0.29, 0.717) is 50.3 Å². The van der Waals surface area contributed by atoms with E-state index in [0.717, 1.165) is 42.4 Å². The van der Waals surface area contributed by atoms with Crippen molar-refractivity contribution in [3.63, 3.8) is 0 Å². The van der Waals surface area contributed by atoms with Crippen molar-refractivity contribution in [3.8, 4) is 5.75 Å². The predicted molar refractivity (Wildman–Crippen MR) is 171 cm³/mol. The van der Waals surface area contributed by atoms with Crippen molar-refractivity contribution in [2.45, 2.75) is 37.1 Å². The van der Waals surface area contributed by atoms with Crippen molar-refractivity contribution in [2.24, 2.45) is 5.92 Å². The lowest BCUT2D eigenvalue weighted by Gasteiger charge is -2.29. The molecule has 0 saturated carbocycles. The number of likely N-dealkylation sites (tertiary alicyclic amines) is 1. The topological polar surface area (TPSA) is 97.2 Å². The van der Waals surface area contributed by atoms with Crippen molar-refractivity contribution in [2.75, 3.05) is 43.1 Å². The van der Waals surface area contributed by atoms with Gasteiger partial charge in [-0.3, -0.25) is 4.79 Å². The van der Waals surface area contributed by atoms with Crippen LogP contribution in [0.1, 0.15) is 26.2 Å². The first-order chi connectivity index (χ1) is 20.3. The summed E-state index contributed by atoms with van der Waals surface area (Å²) in [5.41, 5.74) is 1.67. The highest BCUT2D eigenvalue weighted by molar-refractivity contribution is 8.01. The van der Waals surface area contributed by atoms with Crippen LogP contribution in [0.2, 0.25) is 5.02 Å². The molecule has 3 heterocycles. The number of halogens is 2. The predicted octanol–water partition coefficient (Wildman–Crippen LogP) is 7.01. The summed E-state index contributed by atoms with van der Waals surface area (Å²) in [7, 11) is 2.12. The molecule has 0 atom stereocenters. The van der Waals surface area contributed by atoms with Crippen molar-refractivity contribution in [3.05, 3.63) is 51.5 Å². The Morgan fingerprint density at radius 3 is 2.83 bits per heavy atom. The van der Waals surface area contributed by atoms with E-state index in [9.17, 15) is 9.18 Å². The molecule has 0 radical (unpaired) electrons. The van der Waals surface area contributed by atoms with Gasteiger partial charge in [0.1, 0.15) is 30.3 Å². The third-order valence-corrected chi connectivity index (χ3v) is 9.75. The van der Waals surface area contributed by atoms with Crippen LogP contribution in [0.5, 0.6) is 5.75 Å². The molecule has 1 saturated heterocycles. The van der Waals surface area contributed by atoms with E-state index in [2.05, 4.69) is 44.6 Å². The average molecular weight is 648 g/mol. The summed E-state index contributed by atoms with van der Waals surface area (Å²) < 4.78 is 23.0. The first-order valence-corrected chi connectivity index (χ1v) is 16.2. The molecule has 0 bridgehead atoms. The molecule has 1 aliphatic heterocycles. The Labute approximate surface area is 261 Å². The molecule has 2 N–H and O–H groups in total. The summed E-state index contributed by atoms with van der Waals surface area (Å²) >= 11 is 14.5. The maximum Gasteiger partial charge on any atom is 0.246 e. The van der Waals surface area contributed by atoms with Crippen LogP contribution < -0.4 is 15.4 Å². The highest BCUT2D eigenvalue weighted by Gasteiger charge is 2.20. The lowest BCUT2D eigenvalue weighted by Crippen LogP contribution is -2.32. The van der Waals surface area contributed by atoms with Crippen LogP contribution in [0.25, 0.3) is 10.9 Å². The highest BCUT2D eigenvalue weighted by Crippen LogP contribution is 2.35. The van der Waals surface area contributed by atoms with E-state index >= 15 is 0 Å². The number of fused-ring (bicyclic) bond motifs is 1. The number of rotatable bonds is 11. The summed E-state index contributed by atoms with van der Waals surface area (Å²) in [6.07, 6.45) is 4.55. The lowest BCUT2D eigenvalue weighted by atomic mass is 9.98. The van der Waals surface area contributed by atoms with Gasteiger partial charge in [-0.2, -0.15) is 5.10 Å². The first kappa shape index (κ1) is 30.6. The van der Waals surface area contributed by atoms with E-state index in [1.807, 2.05) is 0 Å². The number of nitrogens with one attached hydrogen (secondary N) is 2. The van der Waals surface area contributed by atoms with Crippen molar-refractivity contribution in [1.29, 1.82) is 0 Å². The van der Waals surface area contributed by atoms with Gasteiger partial charge in [-0.05, 0) is 81.8 Å². The fourth-order valence-electron chi connectivity index (χ4n) is 4.51. The number of carbonyl (C=O) groups is 1. The molecule has 1 fully saturated rings. The molecule has 5 rings (SSSR count). The van der Waals surface area contributed by atoms with E-state index in [1.165, 1.54) is 29.8 Å². The van der Waals surface area contributed by atoms with Crippen LogP contribution in [-0.4, -0.2) is 63.1 Å². The van der Waals surface area contributed by atoms with Crippen LogP contribution in [0.4, 0.5) is 21.6 Å². The molecular weight excluding hydrogens is 617 g/mol. The van der Waals surface area contributed by atoms with Gasteiger partial charge >= 0.3 is 0 Å². The van der Waals surface area contributed by atoms with Crippen LogP contribution in [0.15, 0.2) is 41.0 Å². The molecule has 4 aromatic rings. The number of piperidine rings is 1. The third kappa shape index (κ3) is 7.75. The average Bonchev–Trinajstić information content (AvgIpc) is 3.32. The van der Waals surface area contributed by atoms with E-state index < -0.39 is 5.82 Å². The minimum absolute atomic E-state index is 0.00666. The fraction of sp³-hybridized carbons (Fsp3) is 0.393. The lowest BCUT2D eigenvalue weighted by molar-refractivity contribution is -0.116. The Balaban J connectivity index is 1.42. The van der Waals surface area contributed by atoms with Gasteiger partial charge in [0.15, 0.2) is 8.29 Å². The van der Waals surface area contributed by atoms with Crippen molar-refractivity contribution in [1.82, 2.24) is 24.6 Å². The summed E-state index contributed by atoms with van der Waals surface area (Å²) in [5.74, 6) is 1.54. The smallest absolute Gasteiger partial charge is 0.246 e. The molecule has 222 valence electrons. The zero-order valence-corrected chi connectivity index (χ0v) is 26.4. The van der Waals surface area contributed by atoms with Crippen molar-refractivity contribution < 1.29 is 13.9 Å². The van der Waals surface area contributed by atoms with Gasteiger partial charge in [-0.15, -0.1) is 0 Å². The Bertz CT molecular complexity index is 1630. The maximum absolute atomic E-state index is 13.7. The minimum atomic E-state index is -0.512. The number of amides is 1. The quantitative estimate of drug-likeness (QED) is 0.132. The molecule has 2 aromatic carbocycles. The summed E-state index contributed by atoms with van der Waals surface area (Å²) in [6.45, 7) is 4.66. The molecule has 42 heavy (non-hydrogen) atoms. The third-order valence-electron chi connectivity index (χ3n) is 6.82. The SMILES string of the molecule is CCCSc1nn(CC(=O)Nc2cc3c(Nc4ccc(F)c(Cl)c4)ncnc3cc2OCC2CCN(C)CC2)c(=S)s1. The van der Waals surface area contributed by atoms with Crippen LogP contribution in [0, 0.1) is 15.7 Å². The molecule has 0 spiro atoms. The number of hydrogen-bond acceptors (Lipinski definition) is 10. The monoisotopic (exact) mass is 647 g/mol. The Morgan fingerprint density at radius 2 is 2.07 bits per heavy atom. The molecule has 14 heteroatoms. The second-order valence-corrected chi connectivity index (χ2v) is 13.5. The fourth-order valence-corrected chi connectivity index (χ4v) is 6.95. The zero-order chi connectivity index (χ0) is 29.6. The van der Waals surface area contributed by atoms with Gasteiger partial charge in [0.2, 0.25) is 5.91 Å². The summed E-state index contributed by atoms with van der Waals surface area (Å²) in [5, 5.41) is 11.3. The number of ether oxygens (including phenoxy) is 1. The Morgan fingerprint density at radius 1 is 1.26 bits per heavy atom. The van der Waals surface area contributed by atoms with Gasteiger partial charge in [0.25, 0.3) is 0 Å². The van der Waals surface area contributed by atoms with E-state index in [4.69, 9.17) is 28.6 Å². The van der Waals surface area contributed by atoms with Gasteiger partial charge in [-0.25, -0.2) is 19.0 Å². The standard InChI is InChI=1S/C28H31ClFN7O2S3/c1-3-10-41-27-35-37(28(40)42-27)14-25(38)34-23-12-19-22(13-24(23)39-15-17-6-8-36(2)9-7-17)31-16-32-26(19)33-18-4-5-21(30)20(29)11-18/h4-5,11-13,16-17H,3,6-10,14-15H2,1-2H3,(H,34,38)(H,31,32,33). The zero-order valence-electron chi connectivity index (χ0n) is 23.2. The summed E-state index contributed by atoms with van der Waals surface area (Å²) in [4.78, 5) is 24.4. The number of benzene rings is 2. The van der Waals surface area contributed by atoms with Crippen molar-refractivity contribution >= 4 is 80.9 Å². The van der Waals surface area contributed by atoms with Gasteiger partial charge in [0.05, 0.1) is 22.8 Å². The molecule has 1 amide bonds. The largest absolute Gasteiger partial charge is 0.491 e. The number of hydrogen-bond donors (Lipinski definition) is 2. The second kappa shape index (κ2) is 14.1. The number of carbonyl (C=O) groups excluding carboxylic acids is 1. The maximum atomic E-state index is 13.7. The van der Waals surface area contributed by atoms with Crippen LogP contribution in [-0.2, 0) is 11.3 Å².